The van der Waals surface area contributed by atoms with E-state index in [-0.39, 0.29) is 17.3 Å². The molecular weight excluding hydrogens is 188 g/mol. The first-order valence-electron chi connectivity index (χ1n) is 6.02. The molecule has 3 atom stereocenters. The molecule has 0 saturated carbocycles. The smallest absolute Gasteiger partial charge is 0.0665 e. The van der Waals surface area contributed by atoms with Crippen LogP contribution in [0, 0.1) is 11.8 Å². The van der Waals surface area contributed by atoms with Gasteiger partial charge in [-0.05, 0) is 59.3 Å². The molecule has 0 spiro atoms. The number of aliphatic hydroxyl groups excluding tert-OH is 1. The van der Waals surface area contributed by atoms with Crippen molar-refractivity contribution in [2.24, 2.45) is 11.8 Å². The van der Waals surface area contributed by atoms with E-state index in [1.165, 1.54) is 0 Å². The van der Waals surface area contributed by atoms with Crippen LogP contribution in [0.3, 0.4) is 0 Å². The number of hydrogen-bond acceptors (Lipinski definition) is 2. The van der Waals surface area contributed by atoms with Crippen molar-refractivity contribution in [1.29, 1.82) is 0 Å². The zero-order valence-corrected chi connectivity index (χ0v) is 11.0. The highest BCUT2D eigenvalue weighted by atomic mass is 16.5. The summed E-state index contributed by atoms with van der Waals surface area (Å²) in [5.41, 5.74) is -0.0705. The molecule has 90 valence electrons. The molecule has 1 aliphatic rings. The lowest BCUT2D eigenvalue weighted by Gasteiger charge is -2.31. The van der Waals surface area contributed by atoms with Crippen LogP contribution < -0.4 is 0 Å². The Balaban J connectivity index is 2.69. The van der Waals surface area contributed by atoms with Crippen molar-refractivity contribution in [3.63, 3.8) is 0 Å². The largest absolute Gasteiger partial charge is 0.393 e. The number of rotatable bonds is 3. The van der Waals surface area contributed by atoms with Crippen LogP contribution in [0.25, 0.3) is 0 Å². The summed E-state index contributed by atoms with van der Waals surface area (Å²) >= 11 is 0. The summed E-state index contributed by atoms with van der Waals surface area (Å²) < 4.78 is 6.07. The second-order valence-electron chi connectivity index (χ2n) is 6.34. The zero-order valence-electron chi connectivity index (χ0n) is 11.0. The minimum atomic E-state index is -0.209. The van der Waals surface area contributed by atoms with Gasteiger partial charge in [0.05, 0.1) is 17.3 Å². The van der Waals surface area contributed by atoms with Crippen molar-refractivity contribution in [2.45, 2.75) is 71.7 Å². The Morgan fingerprint density at radius 3 is 2.13 bits per heavy atom. The molecule has 0 aliphatic carbocycles. The number of aliphatic hydroxyl groups is 1. The van der Waals surface area contributed by atoms with Gasteiger partial charge < -0.3 is 9.84 Å². The summed E-state index contributed by atoms with van der Waals surface area (Å²) in [5.74, 6) is 1.06. The molecule has 0 aromatic heterocycles. The normalized spacial score (nSPS) is 32.6. The summed E-state index contributed by atoms with van der Waals surface area (Å²) in [6, 6.07) is 0. The molecule has 15 heavy (non-hydrogen) atoms. The molecule has 0 aromatic carbocycles. The third kappa shape index (κ3) is 3.18. The first kappa shape index (κ1) is 13.0. The van der Waals surface area contributed by atoms with E-state index in [4.69, 9.17) is 4.74 Å². The van der Waals surface area contributed by atoms with E-state index < -0.39 is 0 Å². The van der Waals surface area contributed by atoms with Crippen molar-refractivity contribution >= 4 is 0 Å². The first-order valence-corrected chi connectivity index (χ1v) is 6.02. The highest BCUT2D eigenvalue weighted by molar-refractivity contribution is 4.96. The Hall–Kier alpha value is -0.0800. The second-order valence-corrected chi connectivity index (χ2v) is 6.34. The van der Waals surface area contributed by atoms with Crippen molar-refractivity contribution in [3.8, 4) is 0 Å². The van der Waals surface area contributed by atoms with Crippen LogP contribution in [0.1, 0.15) is 54.4 Å². The average molecular weight is 214 g/mol. The van der Waals surface area contributed by atoms with Crippen molar-refractivity contribution in [1.82, 2.24) is 0 Å². The molecule has 2 nitrogen and oxygen atoms in total. The van der Waals surface area contributed by atoms with Crippen LogP contribution in [0.5, 0.6) is 0 Å². The lowest BCUT2D eigenvalue weighted by Crippen LogP contribution is -2.33. The molecule has 1 rings (SSSR count). The van der Waals surface area contributed by atoms with Crippen LogP contribution in [0.4, 0.5) is 0 Å². The van der Waals surface area contributed by atoms with Crippen molar-refractivity contribution < 1.29 is 9.84 Å². The standard InChI is InChI=1S/C13H26O2/c1-9(7-10(2)14)11-8-12(3,4)15-13(11,5)6/h9-11,14H,7-8H2,1-6H3. The Bertz CT molecular complexity index is 219. The Labute approximate surface area is 94.0 Å². The van der Waals surface area contributed by atoms with Crippen molar-refractivity contribution in [3.05, 3.63) is 0 Å². The fourth-order valence-electron chi connectivity index (χ4n) is 3.19. The van der Waals surface area contributed by atoms with Crippen LogP contribution >= 0.6 is 0 Å². The van der Waals surface area contributed by atoms with Gasteiger partial charge in [-0.15, -0.1) is 0 Å². The predicted octanol–water partition coefficient (Wildman–Crippen LogP) is 2.99. The zero-order chi connectivity index (χ0) is 11.9. The van der Waals surface area contributed by atoms with Gasteiger partial charge in [0.1, 0.15) is 0 Å². The van der Waals surface area contributed by atoms with E-state index >= 15 is 0 Å². The monoisotopic (exact) mass is 214 g/mol. The molecule has 0 aromatic rings. The van der Waals surface area contributed by atoms with Gasteiger partial charge in [-0.1, -0.05) is 6.92 Å². The molecule has 0 radical (unpaired) electrons. The molecule has 1 N–H and O–H groups in total. The Morgan fingerprint density at radius 2 is 1.80 bits per heavy atom. The summed E-state index contributed by atoms with van der Waals surface area (Å²) in [4.78, 5) is 0. The molecule has 0 bridgehead atoms. The highest BCUT2D eigenvalue weighted by Gasteiger charge is 2.47. The first-order chi connectivity index (χ1) is 6.64. The molecule has 2 heteroatoms. The lowest BCUT2D eigenvalue weighted by atomic mass is 9.76. The topological polar surface area (TPSA) is 29.5 Å². The molecule has 1 aliphatic heterocycles. The maximum Gasteiger partial charge on any atom is 0.0665 e. The maximum absolute atomic E-state index is 9.44. The number of ether oxygens (including phenoxy) is 1. The fourth-order valence-corrected chi connectivity index (χ4v) is 3.19. The molecule has 1 heterocycles. The van der Waals surface area contributed by atoms with E-state index in [0.29, 0.717) is 11.8 Å². The van der Waals surface area contributed by atoms with E-state index in [1.54, 1.807) is 0 Å². The van der Waals surface area contributed by atoms with E-state index in [1.807, 2.05) is 6.92 Å². The average Bonchev–Trinajstić information content (AvgIpc) is 2.17. The van der Waals surface area contributed by atoms with Crippen molar-refractivity contribution in [2.75, 3.05) is 0 Å². The molecular formula is C13H26O2. The lowest BCUT2D eigenvalue weighted by molar-refractivity contribution is -0.0806. The molecule has 3 unspecified atom stereocenters. The summed E-state index contributed by atoms with van der Waals surface area (Å²) in [7, 11) is 0. The van der Waals surface area contributed by atoms with Crippen LogP contribution in [-0.2, 0) is 4.74 Å². The third-order valence-electron chi connectivity index (χ3n) is 3.54. The van der Waals surface area contributed by atoms with Gasteiger partial charge in [0.25, 0.3) is 0 Å². The van der Waals surface area contributed by atoms with Gasteiger partial charge in [-0.25, -0.2) is 0 Å². The summed E-state index contributed by atoms with van der Waals surface area (Å²) in [6.45, 7) is 12.7. The predicted molar refractivity (Wildman–Crippen MR) is 62.8 cm³/mol. The van der Waals surface area contributed by atoms with Gasteiger partial charge in [-0.3, -0.25) is 0 Å². The Morgan fingerprint density at radius 1 is 1.27 bits per heavy atom. The van der Waals surface area contributed by atoms with Gasteiger partial charge in [0.15, 0.2) is 0 Å². The van der Waals surface area contributed by atoms with Gasteiger partial charge in [-0.2, -0.15) is 0 Å². The van der Waals surface area contributed by atoms with Crippen LogP contribution in [0.15, 0.2) is 0 Å². The minimum absolute atomic E-state index is 0.0128. The minimum Gasteiger partial charge on any atom is -0.393 e. The van der Waals surface area contributed by atoms with Gasteiger partial charge >= 0.3 is 0 Å². The van der Waals surface area contributed by atoms with E-state index in [2.05, 4.69) is 34.6 Å². The SMILES string of the molecule is CC(O)CC(C)C1CC(C)(C)OC1(C)C. The quantitative estimate of drug-likeness (QED) is 0.782. The Kier molecular flexibility index (Phi) is 3.52. The number of hydrogen-bond donors (Lipinski definition) is 1. The molecule has 1 fully saturated rings. The summed E-state index contributed by atoms with van der Waals surface area (Å²) in [6.07, 6.45) is 1.75. The highest BCUT2D eigenvalue weighted by Crippen LogP contribution is 2.46. The molecule has 1 saturated heterocycles. The van der Waals surface area contributed by atoms with E-state index in [0.717, 1.165) is 12.8 Å². The molecule has 0 amide bonds. The second kappa shape index (κ2) is 4.06. The van der Waals surface area contributed by atoms with Gasteiger partial charge in [0.2, 0.25) is 0 Å². The third-order valence-corrected chi connectivity index (χ3v) is 3.54. The maximum atomic E-state index is 9.44. The summed E-state index contributed by atoms with van der Waals surface area (Å²) in [5, 5.41) is 9.44. The van der Waals surface area contributed by atoms with E-state index in [9.17, 15) is 5.11 Å². The van der Waals surface area contributed by atoms with Crippen LogP contribution in [0.2, 0.25) is 0 Å². The fraction of sp³-hybridized carbons (Fsp3) is 1.00. The van der Waals surface area contributed by atoms with Gasteiger partial charge in [0, 0.05) is 0 Å². The van der Waals surface area contributed by atoms with Crippen LogP contribution in [-0.4, -0.2) is 22.4 Å².